The molecule has 184 valence electrons. The number of amides is 1. The number of benzene rings is 1. The van der Waals surface area contributed by atoms with Crippen LogP contribution in [-0.4, -0.2) is 52.1 Å². The predicted octanol–water partition coefficient (Wildman–Crippen LogP) is 5.28. The molecule has 0 unspecified atom stereocenters. The maximum absolute atomic E-state index is 14.5. The number of carbonyl (C=O) groups excluding carboxylic acids is 1. The molecule has 1 N–H and O–H groups in total. The average molecular weight is 475 g/mol. The summed E-state index contributed by atoms with van der Waals surface area (Å²) in [5.74, 6) is -0.406. The van der Waals surface area contributed by atoms with Gasteiger partial charge < -0.3 is 24.0 Å². The van der Waals surface area contributed by atoms with E-state index in [0.29, 0.717) is 35.6 Å². The highest BCUT2D eigenvalue weighted by Gasteiger charge is 2.44. The van der Waals surface area contributed by atoms with Crippen LogP contribution >= 0.6 is 0 Å². The molecule has 2 atom stereocenters. The molecule has 0 radical (unpaired) electrons. The zero-order chi connectivity index (χ0) is 24.3. The van der Waals surface area contributed by atoms with E-state index in [9.17, 15) is 14.0 Å². The van der Waals surface area contributed by atoms with Crippen molar-refractivity contribution in [2.45, 2.75) is 82.7 Å². The monoisotopic (exact) mass is 474 g/mol. The fourth-order valence-corrected chi connectivity index (χ4v) is 4.81. The van der Waals surface area contributed by atoms with Gasteiger partial charge in [-0.3, -0.25) is 0 Å². The van der Waals surface area contributed by atoms with Crippen molar-refractivity contribution in [3.8, 4) is 17.1 Å². The lowest BCUT2D eigenvalue weighted by Crippen LogP contribution is -2.42. The Hall–Kier alpha value is -3.10. The van der Waals surface area contributed by atoms with E-state index in [1.807, 2.05) is 0 Å². The highest BCUT2D eigenvalue weighted by atomic mass is 19.1. The smallest absolute Gasteiger partial charge is 0.410 e. The van der Waals surface area contributed by atoms with E-state index in [0.717, 1.165) is 31.2 Å². The van der Waals surface area contributed by atoms with Crippen LogP contribution in [0.3, 0.4) is 0 Å². The van der Waals surface area contributed by atoms with Crippen molar-refractivity contribution in [1.82, 2.24) is 10.1 Å². The number of hydrogen-bond acceptors (Lipinski definition) is 6. The van der Waals surface area contributed by atoms with Gasteiger partial charge >= 0.3 is 12.1 Å². The van der Waals surface area contributed by atoms with Gasteiger partial charge in [-0.05, 0) is 63.3 Å². The fraction of sp³-hybridized carbons (Fsp3) is 0.560. The number of ether oxygens (including phenoxy) is 2. The van der Waals surface area contributed by atoms with Crippen LogP contribution in [0.25, 0.3) is 11.3 Å². The van der Waals surface area contributed by atoms with Gasteiger partial charge in [0, 0.05) is 25.1 Å². The van der Waals surface area contributed by atoms with Crippen molar-refractivity contribution in [2.75, 3.05) is 7.05 Å². The van der Waals surface area contributed by atoms with Gasteiger partial charge in [-0.2, -0.15) is 0 Å². The lowest BCUT2D eigenvalue weighted by atomic mass is 9.84. The van der Waals surface area contributed by atoms with Gasteiger partial charge in [-0.1, -0.05) is 18.0 Å². The molecule has 1 aromatic carbocycles. The quantitative estimate of drug-likeness (QED) is 0.583. The number of carboxylic acid groups (broad SMARTS) is 1. The van der Waals surface area contributed by atoms with Gasteiger partial charge in [0.25, 0.3) is 0 Å². The summed E-state index contributed by atoms with van der Waals surface area (Å²) in [4.78, 5) is 25.4. The third kappa shape index (κ3) is 5.18. The van der Waals surface area contributed by atoms with E-state index in [2.05, 4.69) is 5.16 Å². The van der Waals surface area contributed by atoms with Gasteiger partial charge in [0.1, 0.15) is 18.5 Å². The Morgan fingerprint density at radius 2 is 1.91 bits per heavy atom. The van der Waals surface area contributed by atoms with Crippen molar-refractivity contribution < 1.29 is 33.1 Å². The molecule has 9 heteroatoms. The first-order chi connectivity index (χ1) is 16.3. The van der Waals surface area contributed by atoms with Crippen molar-refractivity contribution in [2.24, 2.45) is 0 Å². The van der Waals surface area contributed by atoms with Crippen molar-refractivity contribution in [3.63, 3.8) is 0 Å². The minimum atomic E-state index is -2.24. The molecule has 0 saturated heterocycles. The first-order valence-corrected chi connectivity index (χ1v) is 11.8. The predicted molar refractivity (Wildman–Crippen MR) is 121 cm³/mol. The summed E-state index contributed by atoms with van der Waals surface area (Å²) in [5, 5.41) is 13.2. The molecule has 0 bridgehead atoms. The van der Waals surface area contributed by atoms with Gasteiger partial charge in [0.05, 0.1) is 11.3 Å². The van der Waals surface area contributed by atoms with Gasteiger partial charge in [0.15, 0.2) is 5.76 Å². The Kier molecular flexibility index (Phi) is 7.09. The second-order valence-corrected chi connectivity index (χ2v) is 9.31. The Labute approximate surface area is 198 Å². The van der Waals surface area contributed by atoms with E-state index in [1.165, 1.54) is 0 Å². The number of halogens is 1. The first-order valence-electron chi connectivity index (χ1n) is 11.8. The summed E-state index contributed by atoms with van der Waals surface area (Å²) in [6, 6.07) is 7.26. The number of hydrogen-bond donors (Lipinski definition) is 1. The normalized spacial score (nSPS) is 23.0. The van der Waals surface area contributed by atoms with Gasteiger partial charge in [-0.25, -0.2) is 14.0 Å². The molecule has 2 aromatic rings. The van der Waals surface area contributed by atoms with Crippen LogP contribution in [-0.2, 0) is 16.1 Å². The molecule has 1 heterocycles. The topological polar surface area (TPSA) is 102 Å². The number of aliphatic carboxylic acids is 1. The molecule has 34 heavy (non-hydrogen) atoms. The number of rotatable bonds is 7. The fourth-order valence-electron chi connectivity index (χ4n) is 4.81. The van der Waals surface area contributed by atoms with Crippen molar-refractivity contribution in [3.05, 3.63) is 35.5 Å². The highest BCUT2D eigenvalue weighted by Crippen LogP contribution is 2.35. The van der Waals surface area contributed by atoms with Crippen LogP contribution in [0.5, 0.6) is 5.75 Å². The Morgan fingerprint density at radius 1 is 1.21 bits per heavy atom. The SMILES string of the molecule is Cc1noc(-c2ccc(O[C@@H]3CCC[C@@](F)(C(=O)O)C3)cc2)c1COC(=O)N(C)C1CCCC1. The second kappa shape index (κ2) is 10.0. The maximum Gasteiger partial charge on any atom is 0.410 e. The molecule has 1 aromatic heterocycles. The minimum Gasteiger partial charge on any atom is -0.490 e. The van der Waals surface area contributed by atoms with Crippen molar-refractivity contribution >= 4 is 12.1 Å². The lowest BCUT2D eigenvalue weighted by Gasteiger charge is -2.31. The van der Waals surface area contributed by atoms with E-state index in [-0.39, 0.29) is 31.6 Å². The molecule has 0 aliphatic heterocycles. The van der Waals surface area contributed by atoms with Crippen LogP contribution in [0.1, 0.15) is 62.6 Å². The van der Waals surface area contributed by atoms with Crippen LogP contribution in [0.4, 0.5) is 9.18 Å². The van der Waals surface area contributed by atoms with Crippen LogP contribution in [0.2, 0.25) is 0 Å². The van der Waals surface area contributed by atoms with Gasteiger partial charge in [0.2, 0.25) is 5.67 Å². The second-order valence-electron chi connectivity index (χ2n) is 9.31. The minimum absolute atomic E-state index is 0.00970. The molecule has 2 fully saturated rings. The average Bonchev–Trinajstić information content (AvgIpc) is 3.48. The Bertz CT molecular complexity index is 1020. The molecule has 8 nitrogen and oxygen atoms in total. The Morgan fingerprint density at radius 3 is 2.59 bits per heavy atom. The van der Waals surface area contributed by atoms with E-state index >= 15 is 0 Å². The summed E-state index contributed by atoms with van der Waals surface area (Å²) in [6.07, 6.45) is 4.31. The third-order valence-electron chi connectivity index (χ3n) is 6.94. The molecular formula is C25H31FN2O6. The van der Waals surface area contributed by atoms with E-state index < -0.39 is 17.7 Å². The zero-order valence-corrected chi connectivity index (χ0v) is 19.6. The highest BCUT2D eigenvalue weighted by molar-refractivity contribution is 5.77. The van der Waals surface area contributed by atoms with Crippen molar-refractivity contribution in [1.29, 1.82) is 0 Å². The molecular weight excluding hydrogens is 443 g/mol. The number of aryl methyl sites for hydroxylation is 1. The van der Waals surface area contributed by atoms with Crippen LogP contribution in [0.15, 0.2) is 28.8 Å². The Balaban J connectivity index is 1.39. The van der Waals surface area contributed by atoms with Gasteiger partial charge in [-0.15, -0.1) is 0 Å². The number of carboxylic acids is 1. The molecule has 4 rings (SSSR count). The molecule has 2 saturated carbocycles. The van der Waals surface area contributed by atoms with Crippen LogP contribution in [0, 0.1) is 6.92 Å². The first kappa shape index (κ1) is 24.0. The number of aromatic nitrogens is 1. The third-order valence-corrected chi connectivity index (χ3v) is 6.94. The lowest BCUT2D eigenvalue weighted by molar-refractivity contribution is -0.155. The summed E-state index contributed by atoms with van der Waals surface area (Å²) in [6.45, 7) is 1.84. The van der Waals surface area contributed by atoms with E-state index in [1.54, 1.807) is 43.1 Å². The molecule has 2 aliphatic rings. The standard InChI is InChI=1S/C25H31FN2O6/c1-16-21(15-32-24(31)28(2)18-6-3-4-7-18)22(34-27-16)17-9-11-19(12-10-17)33-20-8-5-13-25(26,14-20)23(29)30/h9-12,18,20H,3-8,13-15H2,1-2H3,(H,29,30)/t20-,25+/m1/s1. The number of alkyl halides is 1. The summed E-state index contributed by atoms with van der Waals surface area (Å²) in [5.41, 5.74) is -0.171. The molecule has 2 aliphatic carbocycles. The summed E-state index contributed by atoms with van der Waals surface area (Å²) < 4.78 is 31.4. The summed E-state index contributed by atoms with van der Waals surface area (Å²) >= 11 is 0. The number of nitrogens with zero attached hydrogens (tertiary/aromatic N) is 2. The molecule has 1 amide bonds. The van der Waals surface area contributed by atoms with E-state index in [4.69, 9.17) is 19.1 Å². The number of carbonyl (C=O) groups is 2. The summed E-state index contributed by atoms with van der Waals surface area (Å²) in [7, 11) is 1.77. The zero-order valence-electron chi connectivity index (χ0n) is 19.6. The molecule has 0 spiro atoms. The van der Waals surface area contributed by atoms with Crippen LogP contribution < -0.4 is 4.74 Å². The largest absolute Gasteiger partial charge is 0.490 e. The maximum atomic E-state index is 14.5.